The number of carbonyl (C=O) groups is 2. The molecular weight excluding hydrogens is 392 g/mol. The molecule has 5 rings (SSSR count). The van der Waals surface area contributed by atoms with E-state index in [1.165, 1.54) is 11.1 Å². The Bertz CT molecular complexity index is 1090. The summed E-state index contributed by atoms with van der Waals surface area (Å²) in [6.07, 6.45) is 5.36. The summed E-state index contributed by atoms with van der Waals surface area (Å²) in [7, 11) is 1.76. The van der Waals surface area contributed by atoms with Gasteiger partial charge in [-0.1, -0.05) is 30.4 Å². The fraction of sp³-hybridized carbons (Fsp3) is 0.458. The van der Waals surface area contributed by atoms with Gasteiger partial charge in [-0.15, -0.1) is 0 Å². The highest BCUT2D eigenvalue weighted by molar-refractivity contribution is 5.93. The topological polar surface area (TPSA) is 78.5 Å². The quantitative estimate of drug-likeness (QED) is 0.753. The number of aryl methyl sites for hydroxylation is 3. The largest absolute Gasteiger partial charge is 0.360 e. The Labute approximate surface area is 182 Å². The molecular formula is C24H28N4O3. The first kappa shape index (κ1) is 20.0. The molecule has 4 atom stereocenters. The van der Waals surface area contributed by atoms with Crippen LogP contribution in [0.2, 0.25) is 0 Å². The summed E-state index contributed by atoms with van der Waals surface area (Å²) in [5, 5.41) is 0. The van der Waals surface area contributed by atoms with Crippen molar-refractivity contribution in [2.24, 2.45) is 11.8 Å². The summed E-state index contributed by atoms with van der Waals surface area (Å²) < 4.78 is 6.26. The molecule has 31 heavy (non-hydrogen) atoms. The predicted molar refractivity (Wildman–Crippen MR) is 115 cm³/mol. The van der Waals surface area contributed by atoms with E-state index in [1.54, 1.807) is 18.1 Å². The number of amides is 2. The second kappa shape index (κ2) is 7.05. The number of nitrogens with zero attached hydrogens (tertiary/aromatic N) is 3. The lowest BCUT2D eigenvalue weighted by molar-refractivity contribution is -0.143. The van der Waals surface area contributed by atoms with Gasteiger partial charge in [-0.25, -0.2) is 4.98 Å². The highest BCUT2D eigenvalue weighted by Crippen LogP contribution is 2.52. The highest BCUT2D eigenvalue weighted by atomic mass is 16.5. The number of ether oxygens (including phenoxy) is 1. The lowest BCUT2D eigenvalue weighted by Gasteiger charge is -2.27. The van der Waals surface area contributed by atoms with Crippen LogP contribution in [-0.4, -0.2) is 56.9 Å². The Balaban J connectivity index is 1.35. The number of benzene rings is 1. The second-order valence-electron chi connectivity index (χ2n) is 9.22. The molecule has 0 aliphatic carbocycles. The van der Waals surface area contributed by atoms with Crippen molar-refractivity contribution in [3.8, 4) is 0 Å². The Morgan fingerprint density at radius 1 is 1.32 bits per heavy atom. The smallest absolute Gasteiger partial charge is 0.230 e. The van der Waals surface area contributed by atoms with Crippen molar-refractivity contribution >= 4 is 11.8 Å². The molecule has 4 heterocycles. The van der Waals surface area contributed by atoms with Crippen LogP contribution in [0.4, 0.5) is 0 Å². The van der Waals surface area contributed by atoms with E-state index in [4.69, 9.17) is 4.74 Å². The van der Waals surface area contributed by atoms with Crippen LogP contribution in [0.1, 0.15) is 28.2 Å². The van der Waals surface area contributed by atoms with E-state index in [9.17, 15) is 9.59 Å². The number of aromatic amines is 1. The molecule has 2 fully saturated rings. The van der Waals surface area contributed by atoms with E-state index in [-0.39, 0.29) is 17.9 Å². The van der Waals surface area contributed by atoms with Gasteiger partial charge in [0.25, 0.3) is 0 Å². The van der Waals surface area contributed by atoms with E-state index < -0.39 is 17.4 Å². The zero-order valence-electron chi connectivity index (χ0n) is 18.4. The summed E-state index contributed by atoms with van der Waals surface area (Å²) in [6, 6.07) is 6.28. The molecule has 2 saturated heterocycles. The fourth-order valence-electron chi connectivity index (χ4n) is 5.22. The van der Waals surface area contributed by atoms with Crippen LogP contribution in [0.15, 0.2) is 36.5 Å². The minimum atomic E-state index is -0.691. The predicted octanol–water partition coefficient (Wildman–Crippen LogP) is 2.28. The summed E-state index contributed by atoms with van der Waals surface area (Å²) >= 11 is 0. The highest BCUT2D eigenvalue weighted by Gasteiger charge is 2.67. The number of carbonyl (C=O) groups excluding carboxylic acids is 2. The van der Waals surface area contributed by atoms with Crippen LogP contribution in [0.5, 0.6) is 0 Å². The van der Waals surface area contributed by atoms with Crippen molar-refractivity contribution in [2.45, 2.75) is 45.6 Å². The number of H-pyrrole nitrogens is 1. The molecule has 2 bridgehead atoms. The van der Waals surface area contributed by atoms with E-state index >= 15 is 0 Å². The molecule has 0 unspecified atom stereocenters. The molecule has 1 aromatic heterocycles. The maximum atomic E-state index is 13.4. The Hall–Kier alpha value is -2.93. The third-order valence-corrected chi connectivity index (χ3v) is 6.93. The summed E-state index contributed by atoms with van der Waals surface area (Å²) in [6.45, 7) is 7.48. The average Bonchev–Trinajstić information content (AvgIpc) is 3.46. The van der Waals surface area contributed by atoms with Crippen LogP contribution in [0.25, 0.3) is 0 Å². The number of likely N-dealkylation sites (tertiary alicyclic amines) is 1. The number of imidazole rings is 1. The number of nitrogens with one attached hydrogen (secondary N) is 1. The Morgan fingerprint density at radius 2 is 2.13 bits per heavy atom. The second-order valence-corrected chi connectivity index (χ2v) is 9.22. The Morgan fingerprint density at radius 3 is 2.84 bits per heavy atom. The molecule has 0 radical (unpaired) electrons. The maximum absolute atomic E-state index is 13.4. The van der Waals surface area contributed by atoms with Gasteiger partial charge < -0.3 is 19.5 Å². The molecule has 1 spiro atoms. The first-order chi connectivity index (χ1) is 14.8. The standard InChI is InChI=1S/C24H28N4O3/c1-14-5-6-17(9-15(14)2)11-28-13-24-8-7-18(31-24)20(21(24)23(28)30)22(29)27(4)12-19-25-10-16(3)26-19/h5-10,18,20-21H,11-13H2,1-4H3,(H,25,26)/t18-,20-,21+,24-/m0/s1. The molecule has 7 nitrogen and oxygen atoms in total. The van der Waals surface area contributed by atoms with Gasteiger partial charge in [-0.3, -0.25) is 9.59 Å². The lowest BCUT2D eigenvalue weighted by atomic mass is 9.76. The van der Waals surface area contributed by atoms with Gasteiger partial charge in [0, 0.05) is 25.5 Å². The van der Waals surface area contributed by atoms with Gasteiger partial charge in [-0.05, 0) is 37.5 Å². The number of rotatable bonds is 5. The van der Waals surface area contributed by atoms with Gasteiger partial charge in [-0.2, -0.15) is 0 Å². The molecule has 0 saturated carbocycles. The molecule has 2 amide bonds. The minimum Gasteiger partial charge on any atom is -0.360 e. The van der Waals surface area contributed by atoms with Crippen LogP contribution < -0.4 is 0 Å². The number of hydrogen-bond acceptors (Lipinski definition) is 4. The van der Waals surface area contributed by atoms with Crippen molar-refractivity contribution in [1.82, 2.24) is 19.8 Å². The molecule has 1 aromatic carbocycles. The monoisotopic (exact) mass is 420 g/mol. The van der Waals surface area contributed by atoms with Crippen molar-refractivity contribution in [2.75, 3.05) is 13.6 Å². The summed E-state index contributed by atoms with van der Waals surface area (Å²) in [4.78, 5) is 37.8. The van der Waals surface area contributed by atoms with Crippen molar-refractivity contribution in [3.63, 3.8) is 0 Å². The Kier molecular flexibility index (Phi) is 4.55. The maximum Gasteiger partial charge on any atom is 0.230 e. The van der Waals surface area contributed by atoms with E-state index in [2.05, 4.69) is 42.0 Å². The SMILES string of the molecule is Cc1cnc(CN(C)C(=O)[C@H]2[C@@H]3C=C[C@@]4(CN(Cc5ccc(C)c(C)c5)C(=O)[C@@H]24)O3)[nH]1. The third kappa shape index (κ3) is 3.19. The van der Waals surface area contributed by atoms with Crippen LogP contribution in [0.3, 0.4) is 0 Å². The number of fused-ring (bicyclic) bond motifs is 1. The van der Waals surface area contributed by atoms with Crippen molar-refractivity contribution in [1.29, 1.82) is 0 Å². The fourth-order valence-corrected chi connectivity index (χ4v) is 5.22. The first-order valence-electron chi connectivity index (χ1n) is 10.7. The molecule has 7 heteroatoms. The van der Waals surface area contributed by atoms with E-state index in [0.29, 0.717) is 19.6 Å². The van der Waals surface area contributed by atoms with Gasteiger partial charge >= 0.3 is 0 Å². The average molecular weight is 421 g/mol. The van der Waals surface area contributed by atoms with Crippen molar-refractivity contribution in [3.05, 3.63) is 64.8 Å². The molecule has 2 aromatic rings. The van der Waals surface area contributed by atoms with Crippen LogP contribution in [0, 0.1) is 32.6 Å². The summed E-state index contributed by atoms with van der Waals surface area (Å²) in [5.74, 6) is -0.301. The van der Waals surface area contributed by atoms with Gasteiger partial charge in [0.1, 0.15) is 11.4 Å². The number of aromatic nitrogens is 2. The van der Waals surface area contributed by atoms with E-state index in [1.807, 2.05) is 24.0 Å². The van der Waals surface area contributed by atoms with E-state index in [0.717, 1.165) is 17.1 Å². The van der Waals surface area contributed by atoms with Gasteiger partial charge in [0.2, 0.25) is 11.8 Å². The van der Waals surface area contributed by atoms with Gasteiger partial charge in [0.15, 0.2) is 0 Å². The molecule has 3 aliphatic rings. The molecule has 3 aliphatic heterocycles. The van der Waals surface area contributed by atoms with Crippen molar-refractivity contribution < 1.29 is 14.3 Å². The molecule has 1 N–H and O–H groups in total. The summed E-state index contributed by atoms with van der Waals surface area (Å²) in [5.41, 5.74) is 3.80. The minimum absolute atomic E-state index is 0.00525. The lowest BCUT2D eigenvalue weighted by Crippen LogP contribution is -2.44. The molecule has 162 valence electrons. The van der Waals surface area contributed by atoms with Crippen LogP contribution in [-0.2, 0) is 27.4 Å². The zero-order chi connectivity index (χ0) is 21.9. The van der Waals surface area contributed by atoms with Crippen LogP contribution >= 0.6 is 0 Å². The third-order valence-electron chi connectivity index (χ3n) is 6.93. The first-order valence-corrected chi connectivity index (χ1v) is 10.7. The van der Waals surface area contributed by atoms with Gasteiger partial charge in [0.05, 0.1) is 31.0 Å². The number of hydrogen-bond donors (Lipinski definition) is 1. The normalized spacial score (nSPS) is 28.5. The zero-order valence-corrected chi connectivity index (χ0v) is 18.4.